The summed E-state index contributed by atoms with van der Waals surface area (Å²) in [5.41, 5.74) is 13.1. The maximum absolute atomic E-state index is 12.9. The SMILES string of the molecule is CSCCC(N)C(=O)NC(CCCCN)C(=O)NC(C)C(=O)NC(Cc1c[nH]c2ccccc12)C(=O)O. The van der Waals surface area contributed by atoms with Crippen molar-refractivity contribution in [2.75, 3.05) is 18.6 Å². The minimum atomic E-state index is -1.19. The van der Waals surface area contributed by atoms with Gasteiger partial charge in [0.05, 0.1) is 6.04 Å². The molecule has 0 bridgehead atoms. The van der Waals surface area contributed by atoms with Crippen LogP contribution in [0.5, 0.6) is 0 Å². The number of carboxylic acid groups (broad SMARTS) is 1. The Morgan fingerprint density at radius 2 is 1.70 bits per heavy atom. The largest absolute Gasteiger partial charge is 0.480 e. The van der Waals surface area contributed by atoms with E-state index in [-0.39, 0.29) is 6.42 Å². The van der Waals surface area contributed by atoms with Crippen LogP contribution < -0.4 is 27.4 Å². The molecule has 0 aliphatic heterocycles. The third-order valence-electron chi connectivity index (χ3n) is 6.02. The lowest BCUT2D eigenvalue weighted by Crippen LogP contribution is -2.56. The number of amides is 3. The van der Waals surface area contributed by atoms with Gasteiger partial charge in [0, 0.05) is 23.5 Å². The first-order valence-electron chi connectivity index (χ1n) is 12.3. The Bertz CT molecular complexity index is 1060. The van der Waals surface area contributed by atoms with Crippen molar-refractivity contribution < 1.29 is 24.3 Å². The zero-order chi connectivity index (χ0) is 27.4. The summed E-state index contributed by atoms with van der Waals surface area (Å²) < 4.78 is 0. The summed E-state index contributed by atoms with van der Waals surface area (Å²) in [6, 6.07) is 3.60. The number of benzene rings is 1. The fraction of sp³-hybridized carbons (Fsp3) is 0.520. The lowest BCUT2D eigenvalue weighted by atomic mass is 10.0. The maximum atomic E-state index is 12.9. The first-order chi connectivity index (χ1) is 17.7. The summed E-state index contributed by atoms with van der Waals surface area (Å²) >= 11 is 1.57. The van der Waals surface area contributed by atoms with Crippen molar-refractivity contribution in [1.29, 1.82) is 0 Å². The Labute approximate surface area is 220 Å². The molecule has 0 fully saturated rings. The molecule has 2 rings (SSSR count). The predicted molar refractivity (Wildman–Crippen MR) is 145 cm³/mol. The van der Waals surface area contributed by atoms with E-state index in [0.29, 0.717) is 38.0 Å². The summed E-state index contributed by atoms with van der Waals surface area (Å²) in [6.45, 7) is 1.90. The van der Waals surface area contributed by atoms with Crippen LogP contribution in [0.25, 0.3) is 10.9 Å². The molecule has 11 nitrogen and oxygen atoms in total. The van der Waals surface area contributed by atoms with Crippen molar-refractivity contribution in [3.63, 3.8) is 0 Å². The van der Waals surface area contributed by atoms with Crippen molar-refractivity contribution in [1.82, 2.24) is 20.9 Å². The fourth-order valence-corrected chi connectivity index (χ4v) is 4.30. The highest BCUT2D eigenvalue weighted by Crippen LogP contribution is 2.19. The smallest absolute Gasteiger partial charge is 0.326 e. The lowest BCUT2D eigenvalue weighted by Gasteiger charge is -2.23. The standard InChI is InChI=1S/C25H38N6O5S/c1-15(29-24(34)20(9-5-6-11-26)30-23(33)18(27)10-12-37-2)22(32)31-21(25(35)36)13-16-14-28-19-8-4-3-7-17(16)19/h3-4,7-8,14-15,18,20-21,28H,5-6,9-13,26-27H2,1-2H3,(H,29,34)(H,30,33)(H,31,32)(H,35,36). The second-order valence-electron chi connectivity index (χ2n) is 8.93. The second-order valence-corrected chi connectivity index (χ2v) is 9.91. The van der Waals surface area contributed by atoms with Gasteiger partial charge < -0.3 is 37.5 Å². The molecular weight excluding hydrogens is 496 g/mol. The van der Waals surface area contributed by atoms with Crippen molar-refractivity contribution in [3.8, 4) is 0 Å². The first kappa shape index (κ1) is 30.1. The number of para-hydroxylation sites is 1. The number of carboxylic acids is 1. The Hall–Kier alpha value is -3.09. The third kappa shape index (κ3) is 9.38. The van der Waals surface area contributed by atoms with E-state index in [1.807, 2.05) is 30.5 Å². The molecule has 0 aliphatic carbocycles. The predicted octanol–water partition coefficient (Wildman–Crippen LogP) is 0.479. The molecule has 1 heterocycles. The van der Waals surface area contributed by atoms with Gasteiger partial charge in [-0.1, -0.05) is 18.2 Å². The lowest BCUT2D eigenvalue weighted by molar-refractivity contribution is -0.142. The molecule has 0 aliphatic rings. The maximum Gasteiger partial charge on any atom is 0.326 e. The molecular formula is C25H38N6O5S. The molecule has 9 N–H and O–H groups in total. The van der Waals surface area contributed by atoms with E-state index in [1.165, 1.54) is 6.92 Å². The molecule has 1 aromatic heterocycles. The topological polar surface area (TPSA) is 192 Å². The Morgan fingerprint density at radius 3 is 2.38 bits per heavy atom. The van der Waals surface area contributed by atoms with E-state index < -0.39 is 47.9 Å². The monoisotopic (exact) mass is 534 g/mol. The van der Waals surface area contributed by atoms with E-state index in [9.17, 15) is 24.3 Å². The molecule has 0 radical (unpaired) electrons. The van der Waals surface area contributed by atoms with Crippen molar-refractivity contribution in [2.45, 2.75) is 63.2 Å². The number of H-pyrrole nitrogens is 1. The Morgan fingerprint density at radius 1 is 1.00 bits per heavy atom. The molecule has 204 valence electrons. The summed E-state index contributed by atoms with van der Waals surface area (Å²) in [4.78, 5) is 53.2. The molecule has 2 aromatic rings. The van der Waals surface area contributed by atoms with Crippen molar-refractivity contribution in [3.05, 3.63) is 36.0 Å². The zero-order valence-corrected chi connectivity index (χ0v) is 22.1. The highest BCUT2D eigenvalue weighted by Gasteiger charge is 2.28. The number of hydrogen-bond acceptors (Lipinski definition) is 7. The van der Waals surface area contributed by atoms with Gasteiger partial charge in [0.15, 0.2) is 0 Å². The van der Waals surface area contributed by atoms with E-state index in [1.54, 1.807) is 18.0 Å². The van der Waals surface area contributed by atoms with Gasteiger partial charge in [0.2, 0.25) is 17.7 Å². The van der Waals surface area contributed by atoms with Crippen LogP contribution >= 0.6 is 11.8 Å². The molecule has 1 aromatic carbocycles. The van der Waals surface area contributed by atoms with Crippen molar-refractivity contribution in [2.24, 2.45) is 11.5 Å². The highest BCUT2D eigenvalue weighted by molar-refractivity contribution is 7.98. The van der Waals surface area contributed by atoms with Gasteiger partial charge in [-0.3, -0.25) is 14.4 Å². The number of rotatable bonds is 16. The molecule has 4 atom stereocenters. The highest BCUT2D eigenvalue weighted by atomic mass is 32.2. The average molecular weight is 535 g/mol. The summed E-state index contributed by atoms with van der Waals surface area (Å²) in [5, 5.41) is 18.3. The van der Waals surface area contributed by atoms with E-state index in [0.717, 1.165) is 16.5 Å². The minimum absolute atomic E-state index is 0.0669. The third-order valence-corrected chi connectivity index (χ3v) is 6.66. The number of nitrogens with one attached hydrogen (secondary N) is 4. The van der Waals surface area contributed by atoms with Crippen LogP contribution in [0.1, 0.15) is 38.2 Å². The van der Waals surface area contributed by atoms with E-state index in [2.05, 4.69) is 20.9 Å². The number of unbranched alkanes of at least 4 members (excludes halogenated alkanes) is 1. The number of fused-ring (bicyclic) bond motifs is 1. The molecule has 3 amide bonds. The molecule has 0 saturated heterocycles. The summed E-state index contributed by atoms with van der Waals surface area (Å²) in [6.07, 6.45) is 5.76. The average Bonchev–Trinajstić information content (AvgIpc) is 3.28. The Balaban J connectivity index is 2.01. The number of nitrogens with two attached hydrogens (primary N) is 2. The number of aromatic nitrogens is 1. The van der Waals surface area contributed by atoms with Crippen LogP contribution in [-0.2, 0) is 25.6 Å². The molecule has 12 heteroatoms. The quantitative estimate of drug-likeness (QED) is 0.151. The number of hydrogen-bond donors (Lipinski definition) is 7. The fourth-order valence-electron chi connectivity index (χ4n) is 3.81. The van der Waals surface area contributed by atoms with Crippen molar-refractivity contribution >= 4 is 46.4 Å². The molecule has 0 saturated carbocycles. The first-order valence-corrected chi connectivity index (χ1v) is 13.7. The normalized spacial score (nSPS) is 14.4. The van der Waals surface area contributed by atoms with Crippen LogP contribution in [0.3, 0.4) is 0 Å². The van der Waals surface area contributed by atoms with E-state index >= 15 is 0 Å². The van der Waals surface area contributed by atoms with Crippen LogP contribution in [0, 0.1) is 0 Å². The molecule has 37 heavy (non-hydrogen) atoms. The van der Waals surface area contributed by atoms with E-state index in [4.69, 9.17) is 11.5 Å². The Kier molecular flexibility index (Phi) is 12.4. The number of aliphatic carboxylic acids is 1. The number of aromatic amines is 1. The van der Waals surface area contributed by atoms with Crippen LogP contribution in [0.4, 0.5) is 0 Å². The second kappa shape index (κ2) is 15.2. The van der Waals surface area contributed by atoms with Gasteiger partial charge in [-0.15, -0.1) is 0 Å². The number of carbonyl (C=O) groups is 4. The van der Waals surface area contributed by atoms with Gasteiger partial charge in [0.25, 0.3) is 0 Å². The van der Waals surface area contributed by atoms with Crippen LogP contribution in [0.15, 0.2) is 30.5 Å². The van der Waals surface area contributed by atoms with Crippen LogP contribution in [0.2, 0.25) is 0 Å². The number of thioether (sulfide) groups is 1. The minimum Gasteiger partial charge on any atom is -0.480 e. The van der Waals surface area contributed by atoms with Gasteiger partial charge >= 0.3 is 5.97 Å². The van der Waals surface area contributed by atoms with Gasteiger partial charge in [-0.2, -0.15) is 11.8 Å². The van der Waals surface area contributed by atoms with Gasteiger partial charge in [-0.05, 0) is 62.8 Å². The number of carbonyl (C=O) groups excluding carboxylic acids is 3. The summed E-state index contributed by atoms with van der Waals surface area (Å²) in [7, 11) is 0. The van der Waals surface area contributed by atoms with Gasteiger partial charge in [-0.25, -0.2) is 4.79 Å². The summed E-state index contributed by atoms with van der Waals surface area (Å²) in [5.74, 6) is -2.12. The van der Waals surface area contributed by atoms with Gasteiger partial charge in [0.1, 0.15) is 18.1 Å². The molecule has 0 spiro atoms. The van der Waals surface area contributed by atoms with Crippen LogP contribution in [-0.4, -0.2) is 76.5 Å². The molecule has 4 unspecified atom stereocenters. The zero-order valence-electron chi connectivity index (χ0n) is 21.3.